The van der Waals surface area contributed by atoms with Crippen LogP contribution >= 0.6 is 0 Å². The second-order valence-corrected chi connectivity index (χ2v) is 4.94. The normalized spacial score (nSPS) is 17.4. The van der Waals surface area contributed by atoms with Crippen molar-refractivity contribution in [3.8, 4) is 0 Å². The van der Waals surface area contributed by atoms with Gasteiger partial charge in [-0.05, 0) is 19.1 Å². The molecule has 1 aliphatic rings. The fourth-order valence-corrected chi connectivity index (χ4v) is 2.28. The van der Waals surface area contributed by atoms with E-state index in [1.54, 1.807) is 6.07 Å². The zero-order valence-corrected chi connectivity index (χ0v) is 11.3. The molecular formula is C14H17N3O3. The number of aromatic nitrogens is 2. The van der Waals surface area contributed by atoms with E-state index in [0.29, 0.717) is 43.0 Å². The van der Waals surface area contributed by atoms with Crippen molar-refractivity contribution in [1.82, 2.24) is 9.97 Å². The molecule has 0 spiro atoms. The number of rotatable bonds is 4. The van der Waals surface area contributed by atoms with E-state index in [-0.39, 0.29) is 5.56 Å². The number of nitrogens with one attached hydrogen (secondary N) is 2. The molecule has 2 aromatic rings. The number of H-pyrrole nitrogens is 1. The predicted molar refractivity (Wildman–Crippen MR) is 75.8 cm³/mol. The number of hydrogen-bond donors (Lipinski definition) is 2. The largest absolute Gasteiger partial charge is 0.356 e. The molecule has 0 unspecified atom stereocenters. The Kier molecular flexibility index (Phi) is 3.42. The third-order valence-corrected chi connectivity index (χ3v) is 3.38. The lowest BCUT2D eigenvalue weighted by Crippen LogP contribution is -2.29. The number of fused-ring (bicyclic) bond motifs is 1. The van der Waals surface area contributed by atoms with Gasteiger partial charge in [0.05, 0.1) is 24.1 Å². The highest BCUT2D eigenvalue weighted by Gasteiger charge is 2.30. The predicted octanol–water partition coefficient (Wildman–Crippen LogP) is 1.49. The van der Waals surface area contributed by atoms with Gasteiger partial charge >= 0.3 is 0 Å². The van der Waals surface area contributed by atoms with Crippen molar-refractivity contribution >= 4 is 16.9 Å². The Bertz CT molecular complexity index is 662. The summed E-state index contributed by atoms with van der Waals surface area (Å²) in [6, 6.07) is 7.26. The van der Waals surface area contributed by atoms with E-state index >= 15 is 0 Å². The van der Waals surface area contributed by atoms with Gasteiger partial charge in [-0.3, -0.25) is 9.78 Å². The lowest BCUT2D eigenvalue weighted by atomic mass is 10.2. The van der Waals surface area contributed by atoms with Crippen molar-refractivity contribution in [2.45, 2.75) is 19.1 Å². The number of para-hydroxylation sites is 1. The summed E-state index contributed by atoms with van der Waals surface area (Å²) in [5, 5.41) is 3.69. The third kappa shape index (κ3) is 2.66. The van der Waals surface area contributed by atoms with Gasteiger partial charge < -0.3 is 14.8 Å². The van der Waals surface area contributed by atoms with Crippen LogP contribution in [0, 0.1) is 0 Å². The summed E-state index contributed by atoms with van der Waals surface area (Å²) in [5.74, 6) is -0.0697. The van der Waals surface area contributed by atoms with Crippen molar-refractivity contribution in [2.75, 3.05) is 25.1 Å². The number of nitrogens with zero attached hydrogens (tertiary/aromatic N) is 1. The molecule has 0 bridgehead atoms. The summed E-state index contributed by atoms with van der Waals surface area (Å²) < 4.78 is 11.0. The molecule has 0 atom stereocenters. The Morgan fingerprint density at radius 2 is 2.10 bits per heavy atom. The second-order valence-electron chi connectivity index (χ2n) is 4.94. The zero-order valence-electron chi connectivity index (χ0n) is 11.3. The average molecular weight is 275 g/mol. The molecule has 1 aromatic heterocycles. The van der Waals surface area contributed by atoms with Gasteiger partial charge in [-0.15, -0.1) is 0 Å². The molecule has 1 aliphatic heterocycles. The summed E-state index contributed by atoms with van der Waals surface area (Å²) in [7, 11) is 0. The molecule has 6 nitrogen and oxygen atoms in total. The van der Waals surface area contributed by atoms with Gasteiger partial charge in [0.15, 0.2) is 5.79 Å². The minimum Gasteiger partial charge on any atom is -0.356 e. The lowest BCUT2D eigenvalue weighted by Gasteiger charge is -2.22. The molecule has 1 aromatic carbocycles. The minimum atomic E-state index is -0.538. The topological polar surface area (TPSA) is 76.2 Å². The van der Waals surface area contributed by atoms with Crippen LogP contribution in [0.25, 0.3) is 10.9 Å². The molecular weight excluding hydrogens is 258 g/mol. The first-order valence-corrected chi connectivity index (χ1v) is 6.67. The standard InChI is InChI=1S/C14H17N3O3/c1-14(19-8-9-20-14)6-7-15-13-16-11-5-3-2-4-10(11)12(18)17-13/h2-5H,6-9H2,1H3,(H2,15,16,17,18). The Morgan fingerprint density at radius 3 is 2.90 bits per heavy atom. The molecule has 106 valence electrons. The van der Waals surface area contributed by atoms with Crippen LogP contribution in [0.5, 0.6) is 0 Å². The van der Waals surface area contributed by atoms with Gasteiger partial charge in [-0.25, -0.2) is 4.98 Å². The molecule has 0 saturated carbocycles. The van der Waals surface area contributed by atoms with Crippen molar-refractivity contribution in [1.29, 1.82) is 0 Å². The van der Waals surface area contributed by atoms with Crippen molar-refractivity contribution in [3.05, 3.63) is 34.6 Å². The number of ether oxygens (including phenoxy) is 2. The molecule has 6 heteroatoms. The van der Waals surface area contributed by atoms with E-state index in [9.17, 15) is 4.79 Å². The van der Waals surface area contributed by atoms with Crippen LogP contribution in [0.2, 0.25) is 0 Å². The summed E-state index contributed by atoms with van der Waals surface area (Å²) in [4.78, 5) is 19.0. The summed E-state index contributed by atoms with van der Waals surface area (Å²) in [6.07, 6.45) is 0.684. The Balaban J connectivity index is 1.70. The van der Waals surface area contributed by atoms with Crippen LogP contribution in [-0.2, 0) is 9.47 Å². The molecule has 0 amide bonds. The summed E-state index contributed by atoms with van der Waals surface area (Å²) >= 11 is 0. The first-order chi connectivity index (χ1) is 9.66. The SMILES string of the molecule is CC1(CCNc2nc3ccccc3c(=O)[nH]2)OCCO1. The van der Waals surface area contributed by atoms with Gasteiger partial charge in [0.2, 0.25) is 5.95 Å². The van der Waals surface area contributed by atoms with E-state index in [1.807, 2.05) is 25.1 Å². The van der Waals surface area contributed by atoms with Crippen molar-refractivity contribution in [2.24, 2.45) is 0 Å². The summed E-state index contributed by atoms with van der Waals surface area (Å²) in [6.45, 7) is 3.78. The van der Waals surface area contributed by atoms with E-state index in [0.717, 1.165) is 0 Å². The number of anilines is 1. The number of benzene rings is 1. The summed E-state index contributed by atoms with van der Waals surface area (Å²) in [5.41, 5.74) is 0.538. The Labute approximate surface area is 116 Å². The van der Waals surface area contributed by atoms with Gasteiger partial charge in [-0.1, -0.05) is 12.1 Å². The fraction of sp³-hybridized carbons (Fsp3) is 0.429. The maximum atomic E-state index is 11.9. The zero-order chi connectivity index (χ0) is 14.0. The lowest BCUT2D eigenvalue weighted by molar-refractivity contribution is -0.144. The molecule has 0 aliphatic carbocycles. The average Bonchev–Trinajstić information content (AvgIpc) is 2.86. The second kappa shape index (κ2) is 5.22. The number of hydrogen-bond acceptors (Lipinski definition) is 5. The molecule has 0 radical (unpaired) electrons. The van der Waals surface area contributed by atoms with E-state index in [1.165, 1.54) is 0 Å². The van der Waals surface area contributed by atoms with Crippen LogP contribution < -0.4 is 10.9 Å². The van der Waals surface area contributed by atoms with Gasteiger partial charge in [-0.2, -0.15) is 0 Å². The van der Waals surface area contributed by atoms with E-state index < -0.39 is 5.79 Å². The quantitative estimate of drug-likeness (QED) is 0.884. The molecule has 3 rings (SSSR count). The van der Waals surface area contributed by atoms with Crippen LogP contribution in [-0.4, -0.2) is 35.5 Å². The highest BCUT2D eigenvalue weighted by atomic mass is 16.7. The smallest absolute Gasteiger partial charge is 0.260 e. The van der Waals surface area contributed by atoms with E-state index in [4.69, 9.17) is 9.47 Å². The molecule has 20 heavy (non-hydrogen) atoms. The van der Waals surface area contributed by atoms with Crippen molar-refractivity contribution < 1.29 is 9.47 Å². The van der Waals surface area contributed by atoms with Crippen molar-refractivity contribution in [3.63, 3.8) is 0 Å². The number of aromatic amines is 1. The van der Waals surface area contributed by atoms with Crippen LogP contribution in [0.3, 0.4) is 0 Å². The molecule has 1 fully saturated rings. The monoisotopic (exact) mass is 275 g/mol. The fourth-order valence-electron chi connectivity index (χ4n) is 2.28. The van der Waals surface area contributed by atoms with Crippen LogP contribution in [0.4, 0.5) is 5.95 Å². The molecule has 2 heterocycles. The van der Waals surface area contributed by atoms with Gasteiger partial charge in [0.1, 0.15) is 0 Å². The first-order valence-electron chi connectivity index (χ1n) is 6.67. The maximum Gasteiger partial charge on any atom is 0.260 e. The van der Waals surface area contributed by atoms with Gasteiger partial charge in [0, 0.05) is 13.0 Å². The Hall–Kier alpha value is -1.92. The van der Waals surface area contributed by atoms with Crippen LogP contribution in [0.1, 0.15) is 13.3 Å². The highest BCUT2D eigenvalue weighted by molar-refractivity contribution is 5.78. The first kappa shape index (κ1) is 13.1. The highest BCUT2D eigenvalue weighted by Crippen LogP contribution is 2.22. The Morgan fingerprint density at radius 1 is 1.35 bits per heavy atom. The third-order valence-electron chi connectivity index (χ3n) is 3.38. The molecule has 1 saturated heterocycles. The van der Waals surface area contributed by atoms with Crippen LogP contribution in [0.15, 0.2) is 29.1 Å². The van der Waals surface area contributed by atoms with E-state index in [2.05, 4.69) is 15.3 Å². The minimum absolute atomic E-state index is 0.141. The van der Waals surface area contributed by atoms with Gasteiger partial charge in [0.25, 0.3) is 5.56 Å². The molecule has 2 N–H and O–H groups in total. The maximum absolute atomic E-state index is 11.9.